The molecule has 0 aliphatic carbocycles. The quantitative estimate of drug-likeness (QED) is 0.293. The molecule has 0 radical (unpaired) electrons. The first-order valence-electron chi connectivity index (χ1n) is 14.0. The Morgan fingerprint density at radius 3 is 1.52 bits per heavy atom. The summed E-state index contributed by atoms with van der Waals surface area (Å²) in [6.07, 6.45) is -3.66. The molecule has 0 saturated carbocycles. The van der Waals surface area contributed by atoms with E-state index in [1.807, 2.05) is 11.9 Å². The zero-order valence-corrected chi connectivity index (χ0v) is 25.7. The SMILES string of the molecule is COc1cc(OC)c([C@H]2CCN(C)CC2=O)c(OC)c1.O=C(O[C@H](C(=O)O)[C@H](OC(=O)c1ccccc1)C(=O)O)c1ccccc1. The highest BCUT2D eigenvalue weighted by Gasteiger charge is 2.41. The number of carboxylic acids is 2. The van der Waals surface area contributed by atoms with E-state index in [2.05, 4.69) is 0 Å². The fourth-order valence-electron chi connectivity index (χ4n) is 4.65. The molecular weight excluding hydrogens is 602 g/mol. The molecule has 244 valence electrons. The van der Waals surface area contributed by atoms with Crippen molar-refractivity contribution in [3.05, 3.63) is 89.5 Å². The van der Waals surface area contributed by atoms with E-state index in [4.69, 9.17) is 23.7 Å². The van der Waals surface area contributed by atoms with Crippen molar-refractivity contribution >= 4 is 29.7 Å². The van der Waals surface area contributed by atoms with Crippen LogP contribution in [0.2, 0.25) is 0 Å². The first kappa shape index (κ1) is 35.1. The van der Waals surface area contributed by atoms with Crippen molar-refractivity contribution in [3.8, 4) is 17.2 Å². The number of carboxylic acid groups (broad SMARTS) is 2. The van der Waals surface area contributed by atoms with Crippen molar-refractivity contribution in [3.63, 3.8) is 0 Å². The number of Topliss-reactive ketones (excluding diaryl/α,β-unsaturated/α-hetero) is 1. The average molecular weight is 638 g/mol. The van der Waals surface area contributed by atoms with Gasteiger partial charge in [0, 0.05) is 17.7 Å². The number of methoxy groups -OCH3 is 3. The van der Waals surface area contributed by atoms with Crippen LogP contribution in [-0.4, -0.2) is 98.4 Å². The summed E-state index contributed by atoms with van der Waals surface area (Å²) < 4.78 is 25.6. The molecule has 1 heterocycles. The lowest BCUT2D eigenvalue weighted by Gasteiger charge is -2.29. The summed E-state index contributed by atoms with van der Waals surface area (Å²) in [4.78, 5) is 61.2. The van der Waals surface area contributed by atoms with E-state index in [-0.39, 0.29) is 22.8 Å². The molecule has 4 rings (SSSR count). The van der Waals surface area contributed by atoms with E-state index < -0.39 is 36.1 Å². The summed E-state index contributed by atoms with van der Waals surface area (Å²) >= 11 is 0. The molecule has 3 aromatic carbocycles. The van der Waals surface area contributed by atoms with Gasteiger partial charge in [-0.25, -0.2) is 19.2 Å². The largest absolute Gasteiger partial charge is 0.496 e. The monoisotopic (exact) mass is 637 g/mol. The summed E-state index contributed by atoms with van der Waals surface area (Å²) in [7, 11) is 6.74. The Balaban J connectivity index is 0.000000259. The third-order valence-electron chi connectivity index (χ3n) is 6.96. The minimum Gasteiger partial charge on any atom is -0.496 e. The van der Waals surface area contributed by atoms with Gasteiger partial charge >= 0.3 is 23.9 Å². The Labute approximate surface area is 265 Å². The van der Waals surface area contributed by atoms with Crippen LogP contribution in [-0.2, 0) is 23.9 Å². The molecule has 3 atom stereocenters. The summed E-state index contributed by atoms with van der Waals surface area (Å²) in [6, 6.07) is 18.4. The van der Waals surface area contributed by atoms with Crippen LogP contribution < -0.4 is 14.2 Å². The topological polar surface area (TPSA) is 175 Å². The fourth-order valence-corrected chi connectivity index (χ4v) is 4.65. The van der Waals surface area contributed by atoms with Crippen LogP contribution in [0.25, 0.3) is 0 Å². The lowest BCUT2D eigenvalue weighted by Crippen LogP contribution is -2.45. The van der Waals surface area contributed by atoms with Gasteiger partial charge in [0.1, 0.15) is 17.2 Å². The summed E-state index contributed by atoms with van der Waals surface area (Å²) in [5.41, 5.74) is 0.878. The Morgan fingerprint density at radius 2 is 1.17 bits per heavy atom. The number of nitrogens with zero attached hydrogens (tertiary/aromatic N) is 1. The third-order valence-corrected chi connectivity index (χ3v) is 6.96. The highest BCUT2D eigenvalue weighted by molar-refractivity contribution is 5.95. The third kappa shape index (κ3) is 9.05. The molecule has 1 fully saturated rings. The lowest BCUT2D eigenvalue weighted by atomic mass is 9.87. The number of aliphatic carboxylic acids is 2. The van der Waals surface area contributed by atoms with Crippen LogP contribution in [0.15, 0.2) is 72.8 Å². The molecule has 2 N–H and O–H groups in total. The molecule has 0 amide bonds. The molecule has 0 bridgehead atoms. The molecule has 13 nitrogen and oxygen atoms in total. The highest BCUT2D eigenvalue weighted by Crippen LogP contribution is 2.41. The van der Waals surface area contributed by atoms with Crippen molar-refractivity contribution in [2.45, 2.75) is 24.5 Å². The van der Waals surface area contributed by atoms with Crippen LogP contribution in [0.4, 0.5) is 0 Å². The molecule has 46 heavy (non-hydrogen) atoms. The number of likely N-dealkylation sites (tertiary alicyclic amines) is 1. The number of rotatable bonds is 11. The Kier molecular flexibility index (Phi) is 12.6. The molecular formula is C33H35NO12. The van der Waals surface area contributed by atoms with Crippen LogP contribution in [0, 0.1) is 0 Å². The average Bonchev–Trinajstić information content (AvgIpc) is 3.06. The van der Waals surface area contributed by atoms with Crippen molar-refractivity contribution in [2.24, 2.45) is 0 Å². The normalized spacial score (nSPS) is 15.7. The fraction of sp³-hybridized carbons (Fsp3) is 0.303. The van der Waals surface area contributed by atoms with Crippen molar-refractivity contribution in [2.75, 3.05) is 41.5 Å². The van der Waals surface area contributed by atoms with Gasteiger partial charge in [-0.3, -0.25) is 9.69 Å². The first-order valence-corrected chi connectivity index (χ1v) is 14.0. The maximum absolute atomic E-state index is 12.3. The molecule has 0 spiro atoms. The minimum atomic E-state index is -2.21. The molecule has 0 aromatic heterocycles. The van der Waals surface area contributed by atoms with Gasteiger partial charge in [-0.05, 0) is 44.3 Å². The van der Waals surface area contributed by atoms with Crippen molar-refractivity contribution in [1.82, 2.24) is 4.90 Å². The summed E-state index contributed by atoms with van der Waals surface area (Å²) in [5.74, 6) is -3.68. The standard InChI is InChI=1S/C18H14O8.C15H21NO4/c19-15(20)13(25-17(23)11-7-3-1-4-8-11)14(16(21)22)26-18(24)12-9-5-2-6-10-12;1-16-6-5-11(12(17)9-16)15-13(19-3)7-10(18-2)8-14(15)20-4/h1-10,13-14H,(H,19,20)(H,21,22);7-8,11H,5-6,9H2,1-4H3/t13-,14-;11-/m00/s1. The van der Waals surface area contributed by atoms with Gasteiger partial charge in [0.05, 0.1) is 44.9 Å². The molecule has 1 aliphatic rings. The van der Waals surface area contributed by atoms with Gasteiger partial charge in [-0.2, -0.15) is 0 Å². The zero-order chi connectivity index (χ0) is 33.8. The maximum atomic E-state index is 12.3. The number of likely N-dealkylation sites (N-methyl/N-ethyl adjacent to an activating group) is 1. The zero-order valence-electron chi connectivity index (χ0n) is 25.7. The Bertz CT molecular complexity index is 1430. The predicted molar refractivity (Wildman–Crippen MR) is 163 cm³/mol. The van der Waals surface area contributed by atoms with Crippen LogP contribution in [0.5, 0.6) is 17.2 Å². The van der Waals surface area contributed by atoms with Gasteiger partial charge in [-0.15, -0.1) is 0 Å². The minimum absolute atomic E-state index is 0.0253. The van der Waals surface area contributed by atoms with E-state index in [0.29, 0.717) is 23.8 Å². The van der Waals surface area contributed by atoms with Gasteiger partial charge < -0.3 is 33.9 Å². The summed E-state index contributed by atoms with van der Waals surface area (Å²) in [6.45, 7) is 1.34. The number of piperidine rings is 1. The Hall–Kier alpha value is -5.43. The molecule has 1 aliphatic heterocycles. The number of esters is 2. The first-order chi connectivity index (χ1) is 22.0. The number of carbonyl (C=O) groups excluding carboxylic acids is 3. The maximum Gasteiger partial charge on any atom is 0.349 e. The number of hydrogen-bond acceptors (Lipinski definition) is 11. The van der Waals surface area contributed by atoms with E-state index in [0.717, 1.165) is 18.5 Å². The van der Waals surface area contributed by atoms with Crippen molar-refractivity contribution in [1.29, 1.82) is 0 Å². The van der Waals surface area contributed by atoms with E-state index in [1.165, 1.54) is 48.5 Å². The highest BCUT2D eigenvalue weighted by atomic mass is 16.6. The smallest absolute Gasteiger partial charge is 0.349 e. The Morgan fingerprint density at radius 1 is 0.739 bits per heavy atom. The van der Waals surface area contributed by atoms with Crippen LogP contribution in [0.1, 0.15) is 38.6 Å². The van der Waals surface area contributed by atoms with Crippen LogP contribution in [0.3, 0.4) is 0 Å². The van der Waals surface area contributed by atoms with Crippen molar-refractivity contribution < 1.29 is 57.9 Å². The number of ketones is 1. The molecule has 3 aromatic rings. The van der Waals surface area contributed by atoms with E-state index in [9.17, 15) is 34.2 Å². The number of hydrogen-bond donors (Lipinski definition) is 2. The second kappa shape index (κ2) is 16.6. The number of ether oxygens (including phenoxy) is 5. The second-order valence-corrected chi connectivity index (χ2v) is 10.1. The number of benzene rings is 3. The number of carbonyl (C=O) groups is 5. The predicted octanol–water partition coefficient (Wildman–Crippen LogP) is 3.31. The van der Waals surface area contributed by atoms with Crippen LogP contribution >= 0.6 is 0 Å². The van der Waals surface area contributed by atoms with Gasteiger partial charge in [0.15, 0.2) is 5.78 Å². The summed E-state index contributed by atoms with van der Waals surface area (Å²) in [5, 5.41) is 18.5. The van der Waals surface area contributed by atoms with Gasteiger partial charge in [0.2, 0.25) is 12.2 Å². The second-order valence-electron chi connectivity index (χ2n) is 10.1. The molecule has 13 heteroatoms. The van der Waals surface area contributed by atoms with E-state index >= 15 is 0 Å². The lowest BCUT2D eigenvalue weighted by molar-refractivity contribution is -0.166. The molecule has 0 unspecified atom stereocenters. The van der Waals surface area contributed by atoms with Gasteiger partial charge in [-0.1, -0.05) is 36.4 Å². The van der Waals surface area contributed by atoms with E-state index in [1.54, 1.807) is 45.6 Å². The van der Waals surface area contributed by atoms with Gasteiger partial charge in [0.25, 0.3) is 0 Å². The molecule has 1 saturated heterocycles.